The van der Waals surface area contributed by atoms with E-state index >= 15 is 0 Å². The zero-order valence-electron chi connectivity index (χ0n) is 10.3. The predicted octanol–water partition coefficient (Wildman–Crippen LogP) is 2.41. The summed E-state index contributed by atoms with van der Waals surface area (Å²) in [5, 5.41) is 10.2. The van der Waals surface area contributed by atoms with Crippen molar-refractivity contribution in [3.05, 3.63) is 47.7 Å². The lowest BCUT2D eigenvalue weighted by molar-refractivity contribution is 0.627. The summed E-state index contributed by atoms with van der Waals surface area (Å²) in [4.78, 5) is 8.35. The lowest BCUT2D eigenvalue weighted by atomic mass is 10.2. The second-order valence-electron chi connectivity index (χ2n) is 4.25. The number of aryl methyl sites for hydroxylation is 1. The molecule has 0 saturated heterocycles. The van der Waals surface area contributed by atoms with Crippen LogP contribution in [-0.2, 0) is 6.54 Å². The van der Waals surface area contributed by atoms with Crippen LogP contribution in [0.4, 0.5) is 10.2 Å². The number of aromatic amines is 1. The maximum Gasteiger partial charge on any atom is 0.158 e. The highest BCUT2D eigenvalue weighted by molar-refractivity contribution is 5.86. The molecule has 0 spiro atoms. The van der Waals surface area contributed by atoms with Crippen molar-refractivity contribution in [2.24, 2.45) is 0 Å². The monoisotopic (exact) mass is 257 g/mol. The van der Waals surface area contributed by atoms with E-state index in [0.29, 0.717) is 17.9 Å². The quantitative estimate of drug-likeness (QED) is 0.756. The second kappa shape index (κ2) is 4.64. The molecule has 0 aliphatic carbocycles. The van der Waals surface area contributed by atoms with Gasteiger partial charge >= 0.3 is 0 Å². The largest absolute Gasteiger partial charge is 0.364 e. The smallest absolute Gasteiger partial charge is 0.158 e. The lowest BCUT2D eigenvalue weighted by Gasteiger charge is -2.05. The number of halogens is 1. The molecule has 2 aromatic heterocycles. The normalized spacial score (nSPS) is 10.8. The number of H-pyrrole nitrogens is 1. The summed E-state index contributed by atoms with van der Waals surface area (Å²) in [5.41, 5.74) is 3.39. The van der Waals surface area contributed by atoms with Crippen LogP contribution in [0.2, 0.25) is 0 Å². The van der Waals surface area contributed by atoms with Crippen LogP contribution in [-0.4, -0.2) is 20.2 Å². The SMILES string of the molecule is Cc1[nH]nc2c(NCc3ccc(F)cc3)ncnc12. The fourth-order valence-electron chi connectivity index (χ4n) is 1.87. The summed E-state index contributed by atoms with van der Waals surface area (Å²) in [5.74, 6) is 0.426. The Morgan fingerprint density at radius 1 is 1.16 bits per heavy atom. The molecule has 0 aliphatic rings. The molecule has 0 fully saturated rings. The van der Waals surface area contributed by atoms with E-state index in [1.807, 2.05) is 6.92 Å². The van der Waals surface area contributed by atoms with E-state index in [0.717, 1.165) is 16.8 Å². The third-order valence-electron chi connectivity index (χ3n) is 2.89. The number of aromatic nitrogens is 4. The molecular weight excluding hydrogens is 245 g/mol. The molecule has 0 aliphatic heterocycles. The topological polar surface area (TPSA) is 66.5 Å². The molecule has 0 radical (unpaired) electrons. The maximum absolute atomic E-state index is 12.8. The van der Waals surface area contributed by atoms with Gasteiger partial charge in [-0.1, -0.05) is 12.1 Å². The van der Waals surface area contributed by atoms with Gasteiger partial charge in [0, 0.05) is 6.54 Å². The van der Waals surface area contributed by atoms with E-state index in [9.17, 15) is 4.39 Å². The number of nitrogens with one attached hydrogen (secondary N) is 2. The first-order valence-electron chi connectivity index (χ1n) is 5.88. The molecule has 1 aromatic carbocycles. The van der Waals surface area contributed by atoms with Crippen molar-refractivity contribution < 1.29 is 4.39 Å². The minimum atomic E-state index is -0.240. The molecule has 0 bridgehead atoms. The first-order valence-corrected chi connectivity index (χ1v) is 5.88. The summed E-state index contributed by atoms with van der Waals surface area (Å²) in [7, 11) is 0. The van der Waals surface area contributed by atoms with Crippen LogP contribution in [0.3, 0.4) is 0 Å². The van der Waals surface area contributed by atoms with E-state index in [2.05, 4.69) is 25.5 Å². The minimum absolute atomic E-state index is 0.240. The van der Waals surface area contributed by atoms with Crippen LogP contribution in [0.1, 0.15) is 11.3 Å². The van der Waals surface area contributed by atoms with Crippen molar-refractivity contribution in [1.29, 1.82) is 0 Å². The summed E-state index contributed by atoms with van der Waals surface area (Å²) in [6.07, 6.45) is 1.50. The van der Waals surface area contributed by atoms with Gasteiger partial charge < -0.3 is 5.32 Å². The van der Waals surface area contributed by atoms with Crippen LogP contribution in [0, 0.1) is 12.7 Å². The fourth-order valence-corrected chi connectivity index (χ4v) is 1.87. The van der Waals surface area contributed by atoms with Crippen LogP contribution >= 0.6 is 0 Å². The average Bonchev–Trinajstić information content (AvgIpc) is 2.81. The number of benzene rings is 1. The molecule has 3 rings (SSSR count). The second-order valence-corrected chi connectivity index (χ2v) is 4.25. The zero-order chi connectivity index (χ0) is 13.2. The Bertz CT molecular complexity index is 705. The number of nitrogens with zero attached hydrogens (tertiary/aromatic N) is 3. The molecule has 3 aromatic rings. The number of anilines is 1. The highest BCUT2D eigenvalue weighted by atomic mass is 19.1. The number of fused-ring (bicyclic) bond motifs is 1. The third-order valence-corrected chi connectivity index (χ3v) is 2.89. The Morgan fingerprint density at radius 2 is 1.95 bits per heavy atom. The highest BCUT2D eigenvalue weighted by Crippen LogP contribution is 2.19. The lowest BCUT2D eigenvalue weighted by Crippen LogP contribution is -2.02. The molecular formula is C13H12FN5. The van der Waals surface area contributed by atoms with Crippen LogP contribution in [0.5, 0.6) is 0 Å². The molecule has 0 amide bonds. The van der Waals surface area contributed by atoms with Gasteiger partial charge in [-0.25, -0.2) is 14.4 Å². The summed E-state index contributed by atoms with van der Waals surface area (Å²) >= 11 is 0. The van der Waals surface area contributed by atoms with Gasteiger partial charge in [0.05, 0.1) is 5.69 Å². The maximum atomic E-state index is 12.8. The Balaban J connectivity index is 1.83. The number of hydrogen-bond acceptors (Lipinski definition) is 4. The van der Waals surface area contributed by atoms with Crippen molar-refractivity contribution in [2.45, 2.75) is 13.5 Å². The molecule has 5 nitrogen and oxygen atoms in total. The molecule has 19 heavy (non-hydrogen) atoms. The van der Waals surface area contributed by atoms with Gasteiger partial charge in [-0.2, -0.15) is 5.10 Å². The summed E-state index contributed by atoms with van der Waals surface area (Å²) < 4.78 is 12.8. The van der Waals surface area contributed by atoms with E-state index in [-0.39, 0.29) is 5.82 Å². The van der Waals surface area contributed by atoms with Gasteiger partial charge in [0.1, 0.15) is 17.7 Å². The predicted molar refractivity (Wildman–Crippen MR) is 70.1 cm³/mol. The highest BCUT2D eigenvalue weighted by Gasteiger charge is 2.08. The van der Waals surface area contributed by atoms with E-state index in [4.69, 9.17) is 0 Å². The molecule has 0 unspecified atom stereocenters. The van der Waals surface area contributed by atoms with E-state index in [1.54, 1.807) is 12.1 Å². The molecule has 6 heteroatoms. The Kier molecular flexibility index (Phi) is 2.83. The molecule has 0 saturated carbocycles. The van der Waals surface area contributed by atoms with Crippen molar-refractivity contribution in [3.63, 3.8) is 0 Å². The Labute approximate surface area is 108 Å². The van der Waals surface area contributed by atoms with Crippen LogP contribution < -0.4 is 5.32 Å². The van der Waals surface area contributed by atoms with Crippen LogP contribution in [0.15, 0.2) is 30.6 Å². The van der Waals surface area contributed by atoms with Crippen molar-refractivity contribution in [2.75, 3.05) is 5.32 Å². The fraction of sp³-hybridized carbons (Fsp3) is 0.154. The van der Waals surface area contributed by atoms with Crippen molar-refractivity contribution >= 4 is 16.9 Å². The molecule has 0 atom stereocenters. The summed E-state index contributed by atoms with van der Waals surface area (Å²) in [6.45, 7) is 2.46. The van der Waals surface area contributed by atoms with E-state index < -0.39 is 0 Å². The van der Waals surface area contributed by atoms with E-state index in [1.165, 1.54) is 18.5 Å². The summed E-state index contributed by atoms with van der Waals surface area (Å²) in [6, 6.07) is 6.34. The minimum Gasteiger partial charge on any atom is -0.364 e. The van der Waals surface area contributed by atoms with Crippen molar-refractivity contribution in [3.8, 4) is 0 Å². The van der Waals surface area contributed by atoms with Gasteiger partial charge in [0.2, 0.25) is 0 Å². The first-order chi connectivity index (χ1) is 9.24. The molecule has 96 valence electrons. The molecule has 2 heterocycles. The zero-order valence-corrected chi connectivity index (χ0v) is 10.3. The third kappa shape index (κ3) is 2.24. The average molecular weight is 257 g/mol. The Hall–Kier alpha value is -2.50. The van der Waals surface area contributed by atoms with Gasteiger partial charge in [-0.15, -0.1) is 0 Å². The van der Waals surface area contributed by atoms with Gasteiger partial charge in [-0.05, 0) is 24.6 Å². The van der Waals surface area contributed by atoms with Gasteiger partial charge in [0.25, 0.3) is 0 Å². The first kappa shape index (κ1) is 11.6. The number of hydrogen-bond donors (Lipinski definition) is 2. The van der Waals surface area contributed by atoms with Crippen LogP contribution in [0.25, 0.3) is 11.0 Å². The molecule has 2 N–H and O–H groups in total. The standard InChI is InChI=1S/C13H12FN5/c1-8-11-12(19-18-8)13(17-7-16-11)15-6-9-2-4-10(14)5-3-9/h2-5,7H,6H2,1H3,(H,18,19)(H,15,16,17). The van der Waals surface area contributed by atoms with Gasteiger partial charge in [0.15, 0.2) is 11.3 Å². The number of rotatable bonds is 3. The Morgan fingerprint density at radius 3 is 2.74 bits per heavy atom. The van der Waals surface area contributed by atoms with Gasteiger partial charge in [-0.3, -0.25) is 5.10 Å². The van der Waals surface area contributed by atoms with Crippen molar-refractivity contribution in [1.82, 2.24) is 20.2 Å².